The number of thiocarbonyl (C=S) groups is 1. The summed E-state index contributed by atoms with van der Waals surface area (Å²) in [5.74, 6) is 0.562. The summed E-state index contributed by atoms with van der Waals surface area (Å²) in [7, 11) is 0. The third-order valence-corrected chi connectivity index (χ3v) is 9.04. The van der Waals surface area contributed by atoms with E-state index in [1.165, 1.54) is 23.7 Å². The first-order chi connectivity index (χ1) is 18.6. The quantitative estimate of drug-likeness (QED) is 0.344. The number of hydrogen-bond donors (Lipinski definition) is 0. The smallest absolute Gasteiger partial charge is 0.267 e. The Morgan fingerprint density at radius 3 is 2.45 bits per heavy atom. The Morgan fingerprint density at radius 2 is 1.68 bits per heavy atom. The summed E-state index contributed by atoms with van der Waals surface area (Å²) in [5.41, 5.74) is 2.18. The van der Waals surface area contributed by atoms with Crippen molar-refractivity contribution in [1.82, 2.24) is 19.2 Å². The second-order valence-corrected chi connectivity index (χ2v) is 11.9. The maximum Gasteiger partial charge on any atom is 0.267 e. The molecule has 196 valence electrons. The molecule has 0 unspecified atom stereocenters. The van der Waals surface area contributed by atoms with Gasteiger partial charge in [0.1, 0.15) is 15.8 Å². The molecule has 38 heavy (non-hydrogen) atoms. The average molecular weight is 546 g/mol. The summed E-state index contributed by atoms with van der Waals surface area (Å²) in [6.45, 7) is 4.15. The van der Waals surface area contributed by atoms with Crippen LogP contribution in [0.4, 0.5) is 5.82 Å². The molecule has 1 aliphatic carbocycles. The number of rotatable bonds is 5. The Labute approximate surface area is 232 Å². The fourth-order valence-electron chi connectivity index (χ4n) is 5.68. The Balaban J connectivity index is 1.31. The number of thioether (sulfide) groups is 1. The van der Waals surface area contributed by atoms with Crippen LogP contribution in [0, 0.1) is 0 Å². The van der Waals surface area contributed by atoms with Crippen LogP contribution in [0.1, 0.15) is 43.2 Å². The Hall–Kier alpha value is -3.01. The second kappa shape index (κ2) is 11.0. The van der Waals surface area contributed by atoms with Gasteiger partial charge in [-0.1, -0.05) is 79.6 Å². The standard InChI is InChI=1S/C29H31N5O2S2/c35-27-23(19-24-28(36)34(29(37)38-24)22-11-5-2-6-12-22)26(30-25-13-7-8-14-33(25)27)32-17-15-31(16-18-32)20-21-9-3-1-4-10-21/h1,3-4,7-10,13-14,19,22H,2,5-6,11-12,15-18,20H2/b24-19-. The fraction of sp³-hybridized carbons (Fsp3) is 0.379. The number of nitrogens with zero attached hydrogens (tertiary/aromatic N) is 5. The zero-order chi connectivity index (χ0) is 26.1. The minimum atomic E-state index is -0.166. The molecule has 1 amide bonds. The number of benzene rings is 1. The van der Waals surface area contributed by atoms with E-state index in [0.717, 1.165) is 58.4 Å². The van der Waals surface area contributed by atoms with Gasteiger partial charge in [-0.15, -0.1) is 0 Å². The van der Waals surface area contributed by atoms with Crippen molar-refractivity contribution in [2.24, 2.45) is 0 Å². The SMILES string of the molecule is O=C1/C(=C/c2c(N3CCN(Cc4ccccc4)CC3)nc3ccccn3c2=O)SC(=S)N1C1CCCCC1. The van der Waals surface area contributed by atoms with E-state index >= 15 is 0 Å². The van der Waals surface area contributed by atoms with E-state index < -0.39 is 0 Å². The molecule has 7 nitrogen and oxygen atoms in total. The van der Waals surface area contributed by atoms with Gasteiger partial charge in [0.05, 0.1) is 10.5 Å². The maximum absolute atomic E-state index is 13.7. The molecule has 0 N–H and O–H groups in total. The molecule has 0 atom stereocenters. The van der Waals surface area contributed by atoms with Gasteiger partial charge in [-0.05, 0) is 36.6 Å². The van der Waals surface area contributed by atoms with Gasteiger partial charge in [0.25, 0.3) is 11.5 Å². The second-order valence-electron chi connectivity index (χ2n) is 10.2. The van der Waals surface area contributed by atoms with E-state index in [9.17, 15) is 9.59 Å². The number of hydrogen-bond acceptors (Lipinski definition) is 7. The van der Waals surface area contributed by atoms with Crippen LogP contribution in [-0.2, 0) is 11.3 Å². The summed E-state index contributed by atoms with van der Waals surface area (Å²) in [4.78, 5) is 39.1. The monoisotopic (exact) mass is 545 g/mol. The van der Waals surface area contributed by atoms with Gasteiger partial charge in [-0.2, -0.15) is 0 Å². The van der Waals surface area contributed by atoms with Gasteiger partial charge in [0.15, 0.2) is 0 Å². The van der Waals surface area contributed by atoms with Crippen molar-refractivity contribution in [2.45, 2.75) is 44.7 Å². The summed E-state index contributed by atoms with van der Waals surface area (Å²) in [6, 6.07) is 16.2. The lowest BCUT2D eigenvalue weighted by molar-refractivity contribution is -0.124. The summed E-state index contributed by atoms with van der Waals surface area (Å²) < 4.78 is 2.15. The summed E-state index contributed by atoms with van der Waals surface area (Å²) in [6.07, 6.45) is 8.90. The Morgan fingerprint density at radius 1 is 0.947 bits per heavy atom. The highest BCUT2D eigenvalue weighted by Crippen LogP contribution is 2.37. The predicted octanol–water partition coefficient (Wildman–Crippen LogP) is 4.55. The number of piperazine rings is 1. The first kappa shape index (κ1) is 25.3. The van der Waals surface area contributed by atoms with Crippen LogP contribution < -0.4 is 10.5 Å². The average Bonchev–Trinajstić information content (AvgIpc) is 3.24. The number of anilines is 1. The van der Waals surface area contributed by atoms with Crippen LogP contribution in [0.5, 0.6) is 0 Å². The molecule has 3 aromatic rings. The largest absolute Gasteiger partial charge is 0.353 e. The van der Waals surface area contributed by atoms with E-state index in [4.69, 9.17) is 17.2 Å². The normalized spacial score (nSPS) is 20.7. The summed E-state index contributed by atoms with van der Waals surface area (Å²) in [5, 5.41) is 0. The highest BCUT2D eigenvalue weighted by atomic mass is 32.2. The summed E-state index contributed by atoms with van der Waals surface area (Å²) >= 11 is 6.95. The van der Waals surface area contributed by atoms with Gasteiger partial charge >= 0.3 is 0 Å². The van der Waals surface area contributed by atoms with Gasteiger partial charge in [-0.25, -0.2) is 4.98 Å². The van der Waals surface area contributed by atoms with Crippen molar-refractivity contribution in [2.75, 3.05) is 31.1 Å². The zero-order valence-electron chi connectivity index (χ0n) is 21.3. The Kier molecular flexibility index (Phi) is 7.32. The van der Waals surface area contributed by atoms with E-state index in [0.29, 0.717) is 26.3 Å². The molecule has 2 aliphatic heterocycles. The third-order valence-electron chi connectivity index (χ3n) is 7.71. The molecular formula is C29H31N5O2S2. The van der Waals surface area contributed by atoms with Crippen molar-refractivity contribution in [3.8, 4) is 0 Å². The molecule has 4 heterocycles. The van der Waals surface area contributed by atoms with Gasteiger partial charge in [-0.3, -0.25) is 23.8 Å². The minimum absolute atomic E-state index is 0.0805. The number of pyridine rings is 1. The van der Waals surface area contributed by atoms with E-state index in [2.05, 4.69) is 34.1 Å². The molecule has 3 aliphatic rings. The molecule has 1 aromatic carbocycles. The molecule has 1 saturated carbocycles. The third kappa shape index (κ3) is 5.02. The van der Waals surface area contributed by atoms with Crippen molar-refractivity contribution in [3.63, 3.8) is 0 Å². The fourth-order valence-corrected chi connectivity index (χ4v) is 7.06. The molecule has 2 saturated heterocycles. The first-order valence-electron chi connectivity index (χ1n) is 13.4. The van der Waals surface area contributed by atoms with E-state index in [1.807, 2.05) is 24.3 Å². The van der Waals surface area contributed by atoms with Crippen LogP contribution in [0.15, 0.2) is 64.4 Å². The lowest BCUT2D eigenvalue weighted by Gasteiger charge is -2.36. The van der Waals surface area contributed by atoms with Gasteiger partial charge < -0.3 is 4.90 Å². The minimum Gasteiger partial charge on any atom is -0.353 e. The predicted molar refractivity (Wildman–Crippen MR) is 157 cm³/mol. The van der Waals surface area contributed by atoms with Crippen LogP contribution in [-0.4, -0.2) is 61.6 Å². The molecule has 3 fully saturated rings. The van der Waals surface area contributed by atoms with Gasteiger partial charge in [0.2, 0.25) is 0 Å². The number of carbonyl (C=O) groups excluding carboxylic acids is 1. The zero-order valence-corrected chi connectivity index (χ0v) is 22.9. The van der Waals surface area contributed by atoms with E-state index in [-0.39, 0.29) is 17.5 Å². The van der Waals surface area contributed by atoms with Crippen LogP contribution in [0.3, 0.4) is 0 Å². The lowest BCUT2D eigenvalue weighted by Crippen LogP contribution is -2.47. The Bertz CT molecular complexity index is 1440. The van der Waals surface area contributed by atoms with Crippen molar-refractivity contribution in [1.29, 1.82) is 0 Å². The molecular weight excluding hydrogens is 514 g/mol. The molecule has 9 heteroatoms. The number of amides is 1. The number of fused-ring (bicyclic) bond motifs is 1. The lowest BCUT2D eigenvalue weighted by atomic mass is 9.94. The van der Waals surface area contributed by atoms with E-state index in [1.54, 1.807) is 21.6 Å². The van der Waals surface area contributed by atoms with Crippen LogP contribution in [0.25, 0.3) is 11.7 Å². The van der Waals surface area contributed by atoms with Crippen LogP contribution >= 0.6 is 24.0 Å². The molecule has 0 radical (unpaired) electrons. The topological polar surface area (TPSA) is 61.2 Å². The van der Waals surface area contributed by atoms with Crippen molar-refractivity contribution in [3.05, 3.63) is 81.1 Å². The number of carbonyl (C=O) groups is 1. The maximum atomic E-state index is 13.7. The highest BCUT2D eigenvalue weighted by Gasteiger charge is 2.38. The first-order valence-corrected chi connectivity index (χ1v) is 14.6. The molecule has 0 spiro atoms. The molecule has 0 bridgehead atoms. The number of aromatic nitrogens is 2. The van der Waals surface area contributed by atoms with Crippen molar-refractivity contribution >= 4 is 51.7 Å². The molecule has 2 aromatic heterocycles. The van der Waals surface area contributed by atoms with Gasteiger partial charge in [0, 0.05) is 45.0 Å². The highest BCUT2D eigenvalue weighted by molar-refractivity contribution is 8.26. The van der Waals surface area contributed by atoms with Crippen LogP contribution in [0.2, 0.25) is 0 Å². The van der Waals surface area contributed by atoms with Crippen molar-refractivity contribution < 1.29 is 4.79 Å². The molecule has 6 rings (SSSR count).